The van der Waals surface area contributed by atoms with Crippen LogP contribution in [0, 0.1) is 24.7 Å². The Kier molecular flexibility index (Phi) is 1.18. The van der Waals surface area contributed by atoms with Gasteiger partial charge in [0.15, 0.2) is 0 Å². The van der Waals surface area contributed by atoms with Gasteiger partial charge in [0.25, 0.3) is 0 Å². The van der Waals surface area contributed by atoms with Gasteiger partial charge < -0.3 is 0 Å². The van der Waals surface area contributed by atoms with E-state index in [0.29, 0.717) is 0 Å². The number of rotatable bonds is 0. The van der Waals surface area contributed by atoms with Gasteiger partial charge in [-0.15, -0.1) is 12.8 Å². The molecule has 0 fully saturated rings. The van der Waals surface area contributed by atoms with Crippen molar-refractivity contribution in [1.29, 1.82) is 0 Å². The van der Waals surface area contributed by atoms with Gasteiger partial charge in [0, 0.05) is 0 Å². The highest BCUT2D eigenvalue weighted by Gasteiger charge is 2.15. The molecular formula is C8H2O2. The Bertz CT molecular complexity index is 375. The molecule has 0 heterocycles. The highest BCUT2D eigenvalue weighted by atomic mass is 16.2. The maximum absolute atomic E-state index is 10.5. The third-order valence-corrected chi connectivity index (χ3v) is 1.20. The SMILES string of the molecule is C#Cc1c(C#C)c(=O)c1=O. The average molecular weight is 130 g/mol. The van der Waals surface area contributed by atoms with Crippen LogP contribution in [-0.4, -0.2) is 0 Å². The van der Waals surface area contributed by atoms with Crippen LogP contribution in [0.3, 0.4) is 0 Å². The monoisotopic (exact) mass is 130 g/mol. The van der Waals surface area contributed by atoms with Gasteiger partial charge in [-0.05, 0) is 0 Å². The zero-order valence-electron chi connectivity index (χ0n) is 4.97. The van der Waals surface area contributed by atoms with Crippen LogP contribution in [0.25, 0.3) is 0 Å². The fourth-order valence-electron chi connectivity index (χ4n) is 0.667. The molecule has 2 heteroatoms. The summed E-state index contributed by atoms with van der Waals surface area (Å²) in [7, 11) is 0. The fraction of sp³-hybridized carbons (Fsp3) is 0. The molecule has 0 radical (unpaired) electrons. The van der Waals surface area contributed by atoms with Crippen molar-refractivity contribution in [2.45, 2.75) is 0 Å². The summed E-state index contributed by atoms with van der Waals surface area (Å²) in [6, 6.07) is 0. The predicted octanol–water partition coefficient (Wildman–Crippen LogP) is -0.755. The molecule has 0 saturated heterocycles. The van der Waals surface area contributed by atoms with Gasteiger partial charge in [0.05, 0.1) is 11.1 Å². The lowest BCUT2D eigenvalue weighted by molar-refractivity contribution is 1.34. The largest absolute Gasteiger partial charge is 0.284 e. The van der Waals surface area contributed by atoms with Gasteiger partial charge in [-0.25, -0.2) is 0 Å². The number of terminal acetylenes is 2. The molecule has 0 atom stereocenters. The lowest BCUT2D eigenvalue weighted by Gasteiger charge is -1.94. The van der Waals surface area contributed by atoms with Crippen LogP contribution in [0.1, 0.15) is 11.1 Å². The van der Waals surface area contributed by atoms with E-state index in [1.165, 1.54) is 0 Å². The Hall–Kier alpha value is -1.80. The third-order valence-electron chi connectivity index (χ3n) is 1.20. The van der Waals surface area contributed by atoms with E-state index in [4.69, 9.17) is 12.8 Å². The Labute approximate surface area is 57.2 Å². The molecule has 0 bridgehead atoms. The Balaban J connectivity index is 3.52. The van der Waals surface area contributed by atoms with E-state index >= 15 is 0 Å². The quantitative estimate of drug-likeness (QED) is 0.342. The fourth-order valence-corrected chi connectivity index (χ4v) is 0.667. The smallest absolute Gasteiger partial charge is 0.244 e. The van der Waals surface area contributed by atoms with Crippen molar-refractivity contribution in [3.63, 3.8) is 0 Å². The summed E-state index contributed by atoms with van der Waals surface area (Å²) in [5.74, 6) is 4.10. The van der Waals surface area contributed by atoms with Crippen LogP contribution in [0.15, 0.2) is 9.59 Å². The van der Waals surface area contributed by atoms with Gasteiger partial charge in [0.1, 0.15) is 0 Å². The van der Waals surface area contributed by atoms with Gasteiger partial charge in [0.2, 0.25) is 10.9 Å². The molecule has 0 aromatic heterocycles. The zero-order chi connectivity index (χ0) is 7.72. The van der Waals surface area contributed by atoms with Crippen LogP contribution in [0.5, 0.6) is 0 Å². The average Bonchev–Trinajstić information content (AvgIpc) is 1.97. The molecule has 1 aromatic carbocycles. The lowest BCUT2D eigenvalue weighted by Crippen LogP contribution is -2.37. The molecule has 0 aliphatic heterocycles. The molecular weight excluding hydrogens is 128 g/mol. The van der Waals surface area contributed by atoms with E-state index < -0.39 is 10.9 Å². The molecule has 2 nitrogen and oxygen atoms in total. The number of hydrogen-bond donors (Lipinski definition) is 0. The minimum absolute atomic E-state index is 0.0347. The minimum Gasteiger partial charge on any atom is -0.284 e. The van der Waals surface area contributed by atoms with Crippen LogP contribution in [0.4, 0.5) is 0 Å². The molecule has 0 amide bonds. The molecule has 1 rings (SSSR count). The molecule has 0 unspecified atom stereocenters. The normalized spacial score (nSPS) is 8.60. The van der Waals surface area contributed by atoms with Gasteiger partial charge >= 0.3 is 0 Å². The van der Waals surface area contributed by atoms with E-state index in [1.807, 2.05) is 11.8 Å². The van der Waals surface area contributed by atoms with E-state index in [-0.39, 0.29) is 11.1 Å². The maximum Gasteiger partial charge on any atom is 0.244 e. The van der Waals surface area contributed by atoms with Crippen LogP contribution < -0.4 is 10.9 Å². The summed E-state index contributed by atoms with van der Waals surface area (Å²) in [4.78, 5) is 21.0. The molecule has 0 saturated carbocycles. The van der Waals surface area contributed by atoms with Crippen molar-refractivity contribution < 1.29 is 0 Å². The second kappa shape index (κ2) is 1.86. The Morgan fingerprint density at radius 1 is 0.900 bits per heavy atom. The summed E-state index contributed by atoms with van der Waals surface area (Å²) in [6.07, 6.45) is 9.75. The second-order valence-corrected chi connectivity index (χ2v) is 1.70. The van der Waals surface area contributed by atoms with Crippen molar-refractivity contribution in [2.24, 2.45) is 0 Å². The standard InChI is InChI=1S/C8H2O2/c1-3-5-6(4-2)8(10)7(5)9/h1-2H. The van der Waals surface area contributed by atoms with Crippen LogP contribution in [-0.2, 0) is 0 Å². The van der Waals surface area contributed by atoms with Crippen molar-refractivity contribution >= 4 is 0 Å². The first kappa shape index (κ1) is 6.32. The molecule has 0 aliphatic rings. The summed E-state index contributed by atoms with van der Waals surface area (Å²) >= 11 is 0. The Morgan fingerprint density at radius 3 is 1.40 bits per heavy atom. The summed E-state index contributed by atoms with van der Waals surface area (Å²) in [5, 5.41) is 0. The zero-order valence-corrected chi connectivity index (χ0v) is 4.97. The van der Waals surface area contributed by atoms with E-state index in [0.717, 1.165) is 0 Å². The van der Waals surface area contributed by atoms with Gasteiger partial charge in [-0.2, -0.15) is 0 Å². The van der Waals surface area contributed by atoms with E-state index in [1.54, 1.807) is 0 Å². The van der Waals surface area contributed by atoms with E-state index in [2.05, 4.69) is 0 Å². The summed E-state index contributed by atoms with van der Waals surface area (Å²) < 4.78 is 0. The van der Waals surface area contributed by atoms with Crippen molar-refractivity contribution in [2.75, 3.05) is 0 Å². The van der Waals surface area contributed by atoms with E-state index in [9.17, 15) is 9.59 Å². The lowest BCUT2D eigenvalue weighted by atomic mass is 10.0. The first-order valence-corrected chi connectivity index (χ1v) is 2.49. The first-order chi connectivity index (χ1) is 4.72. The maximum atomic E-state index is 10.5. The van der Waals surface area contributed by atoms with Crippen molar-refractivity contribution in [3.8, 4) is 24.7 Å². The second-order valence-electron chi connectivity index (χ2n) is 1.70. The molecule has 0 aliphatic carbocycles. The topological polar surface area (TPSA) is 34.1 Å². The summed E-state index contributed by atoms with van der Waals surface area (Å²) in [5.41, 5.74) is -1.22. The molecule has 0 spiro atoms. The molecule has 46 valence electrons. The summed E-state index contributed by atoms with van der Waals surface area (Å²) in [6.45, 7) is 0. The molecule has 0 N–H and O–H groups in total. The third kappa shape index (κ3) is 0.506. The van der Waals surface area contributed by atoms with Crippen LogP contribution in [0.2, 0.25) is 0 Å². The first-order valence-electron chi connectivity index (χ1n) is 2.49. The minimum atomic E-state index is -0.643. The highest BCUT2D eigenvalue weighted by Crippen LogP contribution is 1.93. The molecule has 1 aromatic rings. The highest BCUT2D eigenvalue weighted by molar-refractivity contribution is 5.52. The van der Waals surface area contributed by atoms with Crippen molar-refractivity contribution in [1.82, 2.24) is 0 Å². The predicted molar refractivity (Wildman–Crippen MR) is 37.2 cm³/mol. The van der Waals surface area contributed by atoms with Crippen LogP contribution >= 0.6 is 0 Å². The molecule has 10 heavy (non-hydrogen) atoms. The van der Waals surface area contributed by atoms with Crippen molar-refractivity contribution in [3.05, 3.63) is 31.6 Å². The number of hydrogen-bond acceptors (Lipinski definition) is 2. The van der Waals surface area contributed by atoms with Gasteiger partial charge in [-0.3, -0.25) is 9.59 Å². The Morgan fingerprint density at radius 2 is 1.20 bits per heavy atom. The van der Waals surface area contributed by atoms with Gasteiger partial charge in [-0.1, -0.05) is 11.8 Å².